The first kappa shape index (κ1) is 21.2. The van der Waals surface area contributed by atoms with E-state index in [1.807, 2.05) is 31.2 Å². The van der Waals surface area contributed by atoms with Crippen LogP contribution >= 0.6 is 0 Å². The van der Waals surface area contributed by atoms with E-state index in [0.717, 1.165) is 11.1 Å². The van der Waals surface area contributed by atoms with E-state index in [0.29, 0.717) is 23.1 Å². The number of nitrogens with one attached hydrogen (secondary N) is 1. The third kappa shape index (κ3) is 4.23. The number of carbonyl (C=O) groups excluding carboxylic acids is 1. The summed E-state index contributed by atoms with van der Waals surface area (Å²) in [4.78, 5) is 37.7. The summed E-state index contributed by atoms with van der Waals surface area (Å²) in [7, 11) is 0. The minimum Gasteiger partial charge on any atom is -0.348 e. The van der Waals surface area contributed by atoms with Crippen LogP contribution in [-0.4, -0.2) is 15.0 Å². The molecule has 7 heteroatoms. The molecular formula is C25H22FN3O3. The Bertz CT molecular complexity index is 1390. The maximum atomic E-state index is 13.0. The Morgan fingerprint density at radius 3 is 2.00 bits per heavy atom. The second-order valence-electron chi connectivity index (χ2n) is 7.44. The maximum Gasteiger partial charge on any atom is 0.317 e. The Morgan fingerprint density at radius 1 is 0.812 bits per heavy atom. The number of aryl methyl sites for hydroxylation is 1. The molecule has 0 atom stereocenters. The number of nitrogens with zero attached hydrogens (tertiary/aromatic N) is 2. The number of benzene rings is 3. The van der Waals surface area contributed by atoms with Crippen LogP contribution in [0.2, 0.25) is 0 Å². The zero-order valence-electron chi connectivity index (χ0n) is 17.5. The van der Waals surface area contributed by atoms with E-state index in [2.05, 4.69) is 5.32 Å². The number of para-hydroxylation sites is 2. The predicted molar refractivity (Wildman–Crippen MR) is 121 cm³/mol. The minimum atomic E-state index is -0.577. The Hall–Kier alpha value is -4.00. The topological polar surface area (TPSA) is 73.1 Å². The molecule has 0 saturated carbocycles. The summed E-state index contributed by atoms with van der Waals surface area (Å²) in [6, 6.07) is 20.1. The van der Waals surface area contributed by atoms with Crippen molar-refractivity contribution in [2.45, 2.75) is 26.6 Å². The molecule has 3 aromatic carbocycles. The molecule has 0 bridgehead atoms. The molecule has 0 saturated heterocycles. The molecule has 0 aliphatic heterocycles. The van der Waals surface area contributed by atoms with Gasteiger partial charge in [0.15, 0.2) is 0 Å². The average molecular weight is 431 g/mol. The van der Waals surface area contributed by atoms with E-state index in [1.54, 1.807) is 36.4 Å². The van der Waals surface area contributed by atoms with Crippen molar-refractivity contribution < 1.29 is 9.18 Å². The zero-order valence-corrected chi connectivity index (χ0v) is 17.5. The van der Waals surface area contributed by atoms with Crippen molar-refractivity contribution in [3.05, 3.63) is 116 Å². The van der Waals surface area contributed by atoms with Crippen molar-refractivity contribution >= 4 is 16.9 Å². The van der Waals surface area contributed by atoms with Crippen LogP contribution in [0.5, 0.6) is 0 Å². The van der Waals surface area contributed by atoms with Crippen LogP contribution in [0.3, 0.4) is 0 Å². The molecule has 4 aromatic rings. The number of amides is 1. The first-order valence-electron chi connectivity index (χ1n) is 10.3. The van der Waals surface area contributed by atoms with Crippen LogP contribution in [0.4, 0.5) is 4.39 Å². The number of halogens is 1. The summed E-state index contributed by atoms with van der Waals surface area (Å²) < 4.78 is 15.9. The van der Waals surface area contributed by atoms with E-state index in [-0.39, 0.29) is 24.8 Å². The zero-order chi connectivity index (χ0) is 22.7. The molecule has 1 N–H and O–H groups in total. The van der Waals surface area contributed by atoms with Gasteiger partial charge in [0, 0.05) is 18.7 Å². The van der Waals surface area contributed by atoms with Gasteiger partial charge in [-0.05, 0) is 54.4 Å². The molecule has 1 heterocycles. The molecule has 0 fully saturated rings. The van der Waals surface area contributed by atoms with Crippen molar-refractivity contribution in [3.63, 3.8) is 0 Å². The normalized spacial score (nSPS) is 10.9. The first-order valence-corrected chi connectivity index (χ1v) is 10.3. The van der Waals surface area contributed by atoms with Crippen molar-refractivity contribution in [2.24, 2.45) is 0 Å². The van der Waals surface area contributed by atoms with Crippen LogP contribution < -0.4 is 16.4 Å². The lowest BCUT2D eigenvalue weighted by Gasteiger charge is -2.14. The number of carbonyl (C=O) groups is 1. The molecule has 0 unspecified atom stereocenters. The molecule has 4 rings (SSSR count). The fourth-order valence-corrected chi connectivity index (χ4v) is 3.67. The second-order valence-corrected chi connectivity index (χ2v) is 7.44. The third-order valence-corrected chi connectivity index (χ3v) is 5.38. The number of aromatic nitrogens is 2. The largest absolute Gasteiger partial charge is 0.348 e. The average Bonchev–Trinajstić information content (AvgIpc) is 2.82. The lowest BCUT2D eigenvalue weighted by Crippen LogP contribution is -2.41. The quantitative estimate of drug-likeness (QED) is 0.476. The first-order chi connectivity index (χ1) is 15.5. The number of fused-ring (bicyclic) bond motifs is 1. The molecule has 162 valence electrons. The van der Waals surface area contributed by atoms with Crippen molar-refractivity contribution in [1.82, 2.24) is 14.5 Å². The van der Waals surface area contributed by atoms with Crippen molar-refractivity contribution in [2.75, 3.05) is 0 Å². The van der Waals surface area contributed by atoms with Crippen molar-refractivity contribution in [3.8, 4) is 0 Å². The van der Waals surface area contributed by atoms with Gasteiger partial charge >= 0.3 is 11.1 Å². The number of hydrogen-bond donors (Lipinski definition) is 1. The van der Waals surface area contributed by atoms with Crippen LogP contribution in [0.1, 0.15) is 28.4 Å². The Kier molecular flexibility index (Phi) is 5.98. The van der Waals surface area contributed by atoms with Gasteiger partial charge < -0.3 is 9.88 Å². The molecule has 1 amide bonds. The Morgan fingerprint density at radius 2 is 1.38 bits per heavy atom. The highest BCUT2D eigenvalue weighted by molar-refractivity contribution is 5.94. The fourth-order valence-electron chi connectivity index (χ4n) is 3.67. The predicted octanol–water partition coefficient (Wildman–Crippen LogP) is 3.30. The van der Waals surface area contributed by atoms with E-state index in [9.17, 15) is 18.8 Å². The summed E-state index contributed by atoms with van der Waals surface area (Å²) >= 11 is 0. The molecule has 0 aliphatic rings. The number of hydrogen-bond acceptors (Lipinski definition) is 3. The Balaban J connectivity index is 1.54. The van der Waals surface area contributed by atoms with E-state index >= 15 is 0 Å². The van der Waals surface area contributed by atoms with Crippen LogP contribution in [0.15, 0.2) is 82.4 Å². The fraction of sp³-hybridized carbons (Fsp3) is 0.160. The standard InChI is InChI=1S/C25H22FN3O3/c1-2-28-21-5-3-4-6-22(21)29(25(32)24(28)31)16-18-7-11-19(12-8-18)23(30)27-15-17-9-13-20(26)14-10-17/h3-14H,2,15-16H2,1H3,(H,27,30). The summed E-state index contributed by atoms with van der Waals surface area (Å²) in [6.07, 6.45) is 0. The van der Waals surface area contributed by atoms with Gasteiger partial charge in [-0.15, -0.1) is 0 Å². The molecule has 1 aromatic heterocycles. The highest BCUT2D eigenvalue weighted by atomic mass is 19.1. The molecule has 0 spiro atoms. The van der Waals surface area contributed by atoms with Crippen LogP contribution in [0, 0.1) is 5.82 Å². The SMILES string of the molecule is CCn1c(=O)c(=O)n(Cc2ccc(C(=O)NCc3ccc(F)cc3)cc2)c2ccccc21. The van der Waals surface area contributed by atoms with Gasteiger partial charge in [0.25, 0.3) is 5.91 Å². The summed E-state index contributed by atoms with van der Waals surface area (Å²) in [5, 5.41) is 2.80. The lowest BCUT2D eigenvalue weighted by molar-refractivity contribution is 0.0951. The van der Waals surface area contributed by atoms with Crippen LogP contribution in [-0.2, 0) is 19.6 Å². The highest BCUT2D eigenvalue weighted by Crippen LogP contribution is 2.13. The van der Waals surface area contributed by atoms with E-state index < -0.39 is 11.1 Å². The van der Waals surface area contributed by atoms with Gasteiger partial charge in [0.2, 0.25) is 0 Å². The summed E-state index contributed by atoms with van der Waals surface area (Å²) in [6.45, 7) is 2.75. The molecule has 32 heavy (non-hydrogen) atoms. The second kappa shape index (κ2) is 9.01. The van der Waals surface area contributed by atoms with Crippen LogP contribution in [0.25, 0.3) is 11.0 Å². The number of rotatable bonds is 6. The summed E-state index contributed by atoms with van der Waals surface area (Å²) in [5.41, 5.74) is 2.31. The van der Waals surface area contributed by atoms with Gasteiger partial charge in [0.05, 0.1) is 17.6 Å². The smallest absolute Gasteiger partial charge is 0.317 e. The van der Waals surface area contributed by atoms with E-state index in [4.69, 9.17) is 0 Å². The molecule has 6 nitrogen and oxygen atoms in total. The van der Waals surface area contributed by atoms with E-state index in [1.165, 1.54) is 21.3 Å². The molecule has 0 aliphatic carbocycles. The highest BCUT2D eigenvalue weighted by Gasteiger charge is 2.13. The van der Waals surface area contributed by atoms with Gasteiger partial charge in [-0.1, -0.05) is 36.4 Å². The summed E-state index contributed by atoms with van der Waals surface area (Å²) in [5.74, 6) is -0.580. The third-order valence-electron chi connectivity index (χ3n) is 5.38. The molecular weight excluding hydrogens is 409 g/mol. The minimum absolute atomic E-state index is 0.219. The van der Waals surface area contributed by atoms with Gasteiger partial charge in [-0.2, -0.15) is 0 Å². The van der Waals surface area contributed by atoms with Crippen molar-refractivity contribution in [1.29, 1.82) is 0 Å². The monoisotopic (exact) mass is 431 g/mol. The van der Waals surface area contributed by atoms with Gasteiger partial charge in [-0.25, -0.2) is 4.39 Å². The van der Waals surface area contributed by atoms with Gasteiger partial charge in [-0.3, -0.25) is 19.0 Å². The Labute approximate surface area is 183 Å². The maximum absolute atomic E-state index is 13.0. The van der Waals surface area contributed by atoms with Gasteiger partial charge in [0.1, 0.15) is 5.82 Å². The lowest BCUT2D eigenvalue weighted by atomic mass is 10.1. The molecule has 0 radical (unpaired) electrons.